The molecule has 0 heterocycles. The fraction of sp³-hybridized carbons (Fsp3) is 0.800. The van der Waals surface area contributed by atoms with E-state index >= 15 is 0 Å². The highest BCUT2D eigenvalue weighted by Gasteiger charge is 1.84. The van der Waals surface area contributed by atoms with Crippen LogP contribution < -0.4 is 17.5 Å². The number of rotatable bonds is 4. The number of hydrazine groups is 1. The van der Waals surface area contributed by atoms with Gasteiger partial charge in [0.05, 0.1) is 0 Å². The maximum absolute atomic E-state index is 10.0. The molecule has 0 amide bonds. The summed E-state index contributed by atoms with van der Waals surface area (Å²) < 4.78 is 0. The molecule has 16 heavy (non-hydrogen) atoms. The van der Waals surface area contributed by atoms with Gasteiger partial charge in [0.15, 0.2) is 0 Å². The van der Waals surface area contributed by atoms with E-state index in [4.69, 9.17) is 5.84 Å². The zero-order chi connectivity index (χ0) is 12.7. The summed E-state index contributed by atoms with van der Waals surface area (Å²) in [6, 6.07) is 0. The Kier molecular flexibility index (Phi) is 36.0. The van der Waals surface area contributed by atoms with E-state index in [-0.39, 0.29) is 11.3 Å². The van der Waals surface area contributed by atoms with Gasteiger partial charge in [0.25, 0.3) is 0 Å². The maximum atomic E-state index is 10.0. The zero-order valence-electron chi connectivity index (χ0n) is 10.9. The van der Waals surface area contributed by atoms with Crippen molar-refractivity contribution in [1.29, 1.82) is 0 Å². The molecule has 0 fully saturated rings. The SMILES string of the molecule is CCCC(C)=NN.CCCC(C)=O.NN.O. The van der Waals surface area contributed by atoms with Gasteiger partial charge in [-0.3, -0.25) is 11.7 Å². The first-order valence-corrected chi connectivity index (χ1v) is 5.14. The van der Waals surface area contributed by atoms with Crippen molar-refractivity contribution in [2.45, 2.75) is 53.4 Å². The van der Waals surface area contributed by atoms with Crippen molar-refractivity contribution < 1.29 is 10.3 Å². The largest absolute Gasteiger partial charge is 0.412 e. The molecule has 0 spiro atoms. The fourth-order valence-corrected chi connectivity index (χ4v) is 0.778. The Labute approximate surface area is 98.5 Å². The Hall–Kier alpha value is -0.980. The smallest absolute Gasteiger partial charge is 0.129 e. The van der Waals surface area contributed by atoms with Crippen LogP contribution in [0.15, 0.2) is 5.10 Å². The Morgan fingerprint density at radius 3 is 1.50 bits per heavy atom. The molecule has 8 N–H and O–H groups in total. The van der Waals surface area contributed by atoms with Gasteiger partial charge in [-0.25, -0.2) is 0 Å². The fourth-order valence-electron chi connectivity index (χ4n) is 0.778. The number of hydrazone groups is 1. The molecular weight excluding hydrogens is 208 g/mol. The minimum atomic E-state index is 0. The molecule has 0 saturated heterocycles. The minimum absolute atomic E-state index is 0. The van der Waals surface area contributed by atoms with Crippen LogP contribution in [0.5, 0.6) is 0 Å². The molecule has 100 valence electrons. The average molecular weight is 236 g/mol. The summed E-state index contributed by atoms with van der Waals surface area (Å²) in [5.74, 6) is 13.2. The van der Waals surface area contributed by atoms with E-state index in [1.807, 2.05) is 13.8 Å². The molecule has 0 bridgehead atoms. The van der Waals surface area contributed by atoms with E-state index in [0.29, 0.717) is 0 Å². The predicted octanol–water partition coefficient (Wildman–Crippen LogP) is 0.491. The summed E-state index contributed by atoms with van der Waals surface area (Å²) in [7, 11) is 0. The quantitative estimate of drug-likeness (QED) is 0.371. The second kappa shape index (κ2) is 23.7. The number of nitrogens with two attached hydrogens (primary N) is 3. The van der Waals surface area contributed by atoms with Crippen LogP contribution in [0.1, 0.15) is 53.4 Å². The Bertz CT molecular complexity index is 161. The van der Waals surface area contributed by atoms with Crippen molar-refractivity contribution in [3.05, 3.63) is 0 Å². The van der Waals surface area contributed by atoms with Crippen molar-refractivity contribution in [2.75, 3.05) is 0 Å². The van der Waals surface area contributed by atoms with Crippen molar-refractivity contribution in [3.8, 4) is 0 Å². The third-order valence-corrected chi connectivity index (χ3v) is 1.43. The Morgan fingerprint density at radius 2 is 1.44 bits per heavy atom. The first kappa shape index (κ1) is 24.3. The second-order valence-corrected chi connectivity index (χ2v) is 3.07. The third-order valence-electron chi connectivity index (χ3n) is 1.43. The van der Waals surface area contributed by atoms with E-state index in [1.54, 1.807) is 6.92 Å². The Morgan fingerprint density at radius 1 is 1.06 bits per heavy atom. The molecule has 0 saturated carbocycles. The summed E-state index contributed by atoms with van der Waals surface area (Å²) >= 11 is 0. The molecule has 6 nitrogen and oxygen atoms in total. The number of hydrogen-bond acceptors (Lipinski definition) is 5. The monoisotopic (exact) mass is 236 g/mol. The molecule has 0 aromatic carbocycles. The van der Waals surface area contributed by atoms with E-state index in [1.165, 1.54) is 0 Å². The third kappa shape index (κ3) is 38.2. The van der Waals surface area contributed by atoms with Crippen LogP contribution in [0.2, 0.25) is 0 Å². The van der Waals surface area contributed by atoms with Crippen LogP contribution in [0, 0.1) is 0 Å². The minimum Gasteiger partial charge on any atom is -0.412 e. The van der Waals surface area contributed by atoms with Gasteiger partial charge in [-0.2, -0.15) is 5.10 Å². The van der Waals surface area contributed by atoms with Gasteiger partial charge in [-0.15, -0.1) is 0 Å². The van der Waals surface area contributed by atoms with Crippen molar-refractivity contribution in [1.82, 2.24) is 0 Å². The second-order valence-electron chi connectivity index (χ2n) is 3.07. The normalized spacial score (nSPS) is 8.75. The number of hydrogen-bond donors (Lipinski definition) is 3. The van der Waals surface area contributed by atoms with Crippen molar-refractivity contribution in [3.63, 3.8) is 0 Å². The van der Waals surface area contributed by atoms with Crippen molar-refractivity contribution >= 4 is 11.5 Å². The molecule has 0 aliphatic heterocycles. The first-order valence-electron chi connectivity index (χ1n) is 5.14. The summed E-state index contributed by atoms with van der Waals surface area (Å²) in [5, 5.41) is 3.49. The molecule has 0 aromatic heterocycles. The topological polar surface area (TPSA) is 139 Å². The lowest BCUT2D eigenvalue weighted by Crippen LogP contribution is -2.02. The summed E-state index contributed by atoms with van der Waals surface area (Å²) in [4.78, 5) is 10.0. The number of nitrogens with zero attached hydrogens (tertiary/aromatic N) is 1. The zero-order valence-corrected chi connectivity index (χ0v) is 10.9. The molecule has 0 aromatic rings. The Balaban J connectivity index is -0.0000000743. The molecular formula is C10H28N4O2. The lowest BCUT2D eigenvalue weighted by Gasteiger charge is -1.89. The van der Waals surface area contributed by atoms with Crippen LogP contribution in [0.4, 0.5) is 0 Å². The van der Waals surface area contributed by atoms with Crippen LogP contribution in [0.25, 0.3) is 0 Å². The summed E-state index contributed by atoms with van der Waals surface area (Å²) in [6.45, 7) is 7.66. The first-order chi connectivity index (χ1) is 7.08. The maximum Gasteiger partial charge on any atom is 0.129 e. The van der Waals surface area contributed by atoms with Crippen LogP contribution in [-0.2, 0) is 4.79 Å². The highest BCUT2D eigenvalue weighted by molar-refractivity contribution is 5.81. The van der Waals surface area contributed by atoms with E-state index in [9.17, 15) is 4.79 Å². The van der Waals surface area contributed by atoms with Gasteiger partial charge < -0.3 is 16.1 Å². The van der Waals surface area contributed by atoms with E-state index < -0.39 is 0 Å². The number of ketones is 1. The number of carbonyl (C=O) groups is 1. The van der Waals surface area contributed by atoms with Crippen LogP contribution >= 0.6 is 0 Å². The lowest BCUT2D eigenvalue weighted by molar-refractivity contribution is -0.117. The molecule has 6 heteroatoms. The van der Waals surface area contributed by atoms with E-state index in [0.717, 1.165) is 31.4 Å². The number of carbonyl (C=O) groups excluding carboxylic acids is 1. The van der Waals surface area contributed by atoms with Crippen molar-refractivity contribution in [2.24, 2.45) is 22.6 Å². The molecule has 0 unspecified atom stereocenters. The van der Waals surface area contributed by atoms with E-state index in [2.05, 4.69) is 23.7 Å². The molecule has 0 atom stereocenters. The van der Waals surface area contributed by atoms with Gasteiger partial charge in [0.2, 0.25) is 0 Å². The average Bonchev–Trinajstić information content (AvgIpc) is 2.22. The summed E-state index contributed by atoms with van der Waals surface area (Å²) in [5.41, 5.74) is 1.03. The highest BCUT2D eigenvalue weighted by atomic mass is 16.1. The van der Waals surface area contributed by atoms with Gasteiger partial charge >= 0.3 is 0 Å². The lowest BCUT2D eigenvalue weighted by atomic mass is 10.2. The van der Waals surface area contributed by atoms with Crippen LogP contribution in [0.3, 0.4) is 0 Å². The summed E-state index contributed by atoms with van der Waals surface area (Å²) in [6.07, 6.45) is 3.87. The molecule has 0 aliphatic carbocycles. The van der Waals surface area contributed by atoms with Gasteiger partial charge in [0, 0.05) is 12.1 Å². The highest BCUT2D eigenvalue weighted by Crippen LogP contribution is 1.87. The number of Topliss-reactive ketones (excluding diaryl/α,β-unsaturated/α-hetero) is 1. The molecule has 0 aliphatic rings. The van der Waals surface area contributed by atoms with Gasteiger partial charge in [-0.1, -0.05) is 20.3 Å². The van der Waals surface area contributed by atoms with Crippen LogP contribution in [-0.4, -0.2) is 17.0 Å². The van der Waals surface area contributed by atoms with Gasteiger partial charge in [0.1, 0.15) is 5.78 Å². The predicted molar refractivity (Wildman–Crippen MR) is 69.8 cm³/mol. The standard InChI is InChI=1S/C5H12N2.C5H10O.H4N2.H2O/c1-3-4-5(2)7-6;1-3-4-5(2)6;1-2;/h3-4,6H2,1-2H3;3-4H2,1-2H3;1-2H2;1H2. The van der Waals surface area contributed by atoms with Gasteiger partial charge in [-0.05, 0) is 26.7 Å². The molecule has 0 radical (unpaired) electrons. The molecule has 0 rings (SSSR count).